The first kappa shape index (κ1) is 11.6. The van der Waals surface area contributed by atoms with Crippen molar-refractivity contribution in [1.29, 1.82) is 0 Å². The topological polar surface area (TPSA) is 57.6 Å². The second-order valence-electron chi connectivity index (χ2n) is 4.14. The number of benzene rings is 1. The zero-order valence-corrected chi connectivity index (χ0v) is 9.10. The molecule has 17 heavy (non-hydrogen) atoms. The maximum absolute atomic E-state index is 12.9. The highest BCUT2D eigenvalue weighted by Crippen LogP contribution is 2.20. The van der Waals surface area contributed by atoms with Gasteiger partial charge in [0, 0.05) is 19.5 Å². The summed E-state index contributed by atoms with van der Waals surface area (Å²) in [7, 11) is 0. The molecule has 1 fully saturated rings. The summed E-state index contributed by atoms with van der Waals surface area (Å²) in [6.07, 6.45) is 0.0324. The lowest BCUT2D eigenvalue weighted by molar-refractivity contribution is -0.141. The molecule has 1 saturated heterocycles. The molecule has 0 radical (unpaired) electrons. The largest absolute Gasteiger partial charge is 0.481 e. The van der Waals surface area contributed by atoms with Gasteiger partial charge >= 0.3 is 5.97 Å². The number of carboxylic acid groups (broad SMARTS) is 1. The van der Waals surface area contributed by atoms with E-state index in [0.29, 0.717) is 5.56 Å². The molecule has 0 aromatic heterocycles. The summed E-state index contributed by atoms with van der Waals surface area (Å²) in [4.78, 5) is 23.8. The van der Waals surface area contributed by atoms with Gasteiger partial charge in [-0.25, -0.2) is 4.39 Å². The molecule has 1 aliphatic heterocycles. The molecule has 2 rings (SSSR count). The second-order valence-corrected chi connectivity index (χ2v) is 4.14. The minimum atomic E-state index is -0.958. The van der Waals surface area contributed by atoms with E-state index in [4.69, 9.17) is 5.11 Å². The Labute approximate surface area is 97.7 Å². The Kier molecular flexibility index (Phi) is 3.08. The fraction of sp³-hybridized carbons (Fsp3) is 0.333. The molecule has 0 spiro atoms. The average molecular weight is 237 g/mol. The van der Waals surface area contributed by atoms with E-state index in [-0.39, 0.29) is 31.2 Å². The smallest absolute Gasteiger partial charge is 0.308 e. The second kappa shape index (κ2) is 4.53. The molecule has 1 heterocycles. The van der Waals surface area contributed by atoms with Crippen LogP contribution in [0, 0.1) is 11.7 Å². The molecule has 1 aliphatic rings. The summed E-state index contributed by atoms with van der Waals surface area (Å²) in [5.74, 6) is -2.15. The third-order valence-electron chi connectivity index (χ3n) is 2.83. The molecule has 4 nitrogen and oxygen atoms in total. The summed E-state index contributed by atoms with van der Waals surface area (Å²) in [6, 6.07) is 5.96. The van der Waals surface area contributed by atoms with E-state index in [1.165, 1.54) is 17.0 Å². The summed E-state index contributed by atoms with van der Waals surface area (Å²) in [5, 5.41) is 8.82. The quantitative estimate of drug-likeness (QED) is 0.861. The van der Waals surface area contributed by atoms with E-state index in [1.807, 2.05) is 0 Å². The van der Waals surface area contributed by atoms with Crippen LogP contribution in [0.15, 0.2) is 24.3 Å². The van der Waals surface area contributed by atoms with E-state index in [1.54, 1.807) is 12.1 Å². The summed E-state index contributed by atoms with van der Waals surface area (Å²) in [6.45, 7) is 0.463. The van der Waals surface area contributed by atoms with Gasteiger partial charge < -0.3 is 10.0 Å². The lowest BCUT2D eigenvalue weighted by Gasteiger charge is -2.15. The Balaban J connectivity index is 2.05. The van der Waals surface area contributed by atoms with Gasteiger partial charge in [-0.05, 0) is 17.7 Å². The molecule has 1 aromatic carbocycles. The number of carbonyl (C=O) groups is 2. The number of carboxylic acids is 1. The van der Waals surface area contributed by atoms with Crippen LogP contribution >= 0.6 is 0 Å². The first-order valence-electron chi connectivity index (χ1n) is 5.31. The van der Waals surface area contributed by atoms with Crippen molar-refractivity contribution in [3.8, 4) is 0 Å². The zero-order chi connectivity index (χ0) is 12.4. The Bertz CT molecular complexity index is 461. The number of hydrogen-bond donors (Lipinski definition) is 1. The molecule has 0 aliphatic carbocycles. The van der Waals surface area contributed by atoms with Crippen LogP contribution in [0.5, 0.6) is 0 Å². The van der Waals surface area contributed by atoms with Crippen molar-refractivity contribution in [2.75, 3.05) is 6.54 Å². The number of likely N-dealkylation sites (tertiary alicyclic amines) is 1. The van der Waals surface area contributed by atoms with E-state index < -0.39 is 11.9 Å². The predicted octanol–water partition coefficient (Wildman–Crippen LogP) is 1.26. The number of nitrogens with zero attached hydrogens (tertiary/aromatic N) is 1. The van der Waals surface area contributed by atoms with Crippen LogP contribution in [0.2, 0.25) is 0 Å². The van der Waals surface area contributed by atoms with Crippen molar-refractivity contribution in [2.45, 2.75) is 13.0 Å². The number of hydrogen-bond acceptors (Lipinski definition) is 2. The molecule has 1 amide bonds. The number of aliphatic carboxylic acids is 1. The van der Waals surface area contributed by atoms with E-state index in [2.05, 4.69) is 0 Å². The maximum Gasteiger partial charge on any atom is 0.308 e. The normalized spacial score (nSPS) is 19.7. The van der Waals surface area contributed by atoms with Crippen molar-refractivity contribution in [3.05, 3.63) is 35.6 Å². The lowest BCUT2D eigenvalue weighted by atomic mass is 10.1. The number of halogens is 1. The van der Waals surface area contributed by atoms with Crippen molar-refractivity contribution >= 4 is 11.9 Å². The average Bonchev–Trinajstić information content (AvgIpc) is 2.61. The summed E-state index contributed by atoms with van der Waals surface area (Å²) < 4.78 is 12.9. The van der Waals surface area contributed by atoms with Crippen LogP contribution in [0.4, 0.5) is 4.39 Å². The van der Waals surface area contributed by atoms with Gasteiger partial charge in [0.2, 0.25) is 5.91 Å². The van der Waals surface area contributed by atoms with Gasteiger partial charge in [-0.3, -0.25) is 9.59 Å². The number of rotatable bonds is 3. The molecule has 0 bridgehead atoms. The predicted molar refractivity (Wildman–Crippen MR) is 57.6 cm³/mol. The van der Waals surface area contributed by atoms with Crippen LogP contribution in [0.25, 0.3) is 0 Å². The molecule has 1 atom stereocenters. The van der Waals surface area contributed by atoms with Crippen molar-refractivity contribution in [2.24, 2.45) is 5.92 Å². The molecule has 1 aromatic rings. The van der Waals surface area contributed by atoms with Crippen molar-refractivity contribution in [3.63, 3.8) is 0 Å². The Morgan fingerprint density at radius 3 is 2.88 bits per heavy atom. The highest BCUT2D eigenvalue weighted by molar-refractivity contribution is 5.86. The maximum atomic E-state index is 12.9. The third-order valence-corrected chi connectivity index (χ3v) is 2.83. The highest BCUT2D eigenvalue weighted by Gasteiger charge is 2.33. The van der Waals surface area contributed by atoms with Gasteiger partial charge in [0.15, 0.2) is 0 Å². The van der Waals surface area contributed by atoms with Crippen LogP contribution in [0.1, 0.15) is 12.0 Å². The van der Waals surface area contributed by atoms with E-state index >= 15 is 0 Å². The number of amides is 1. The molecule has 0 saturated carbocycles. The van der Waals surface area contributed by atoms with Gasteiger partial charge in [0.1, 0.15) is 5.82 Å². The minimum Gasteiger partial charge on any atom is -0.481 e. The third kappa shape index (κ3) is 2.61. The monoisotopic (exact) mass is 237 g/mol. The summed E-state index contributed by atoms with van der Waals surface area (Å²) in [5.41, 5.74) is 0.671. The summed E-state index contributed by atoms with van der Waals surface area (Å²) >= 11 is 0. The molecule has 90 valence electrons. The first-order chi connectivity index (χ1) is 8.06. The Morgan fingerprint density at radius 2 is 2.29 bits per heavy atom. The van der Waals surface area contributed by atoms with E-state index in [9.17, 15) is 14.0 Å². The van der Waals surface area contributed by atoms with Crippen LogP contribution in [-0.2, 0) is 16.1 Å². The molecular formula is C12H12FNO3. The fourth-order valence-electron chi connectivity index (χ4n) is 1.95. The molecular weight excluding hydrogens is 225 g/mol. The van der Waals surface area contributed by atoms with Gasteiger partial charge in [-0.1, -0.05) is 12.1 Å². The Hall–Kier alpha value is -1.91. The molecule has 1 N–H and O–H groups in total. The van der Waals surface area contributed by atoms with Gasteiger partial charge in [-0.15, -0.1) is 0 Å². The first-order valence-corrected chi connectivity index (χ1v) is 5.31. The number of carbonyl (C=O) groups excluding carboxylic acids is 1. The van der Waals surface area contributed by atoms with Crippen molar-refractivity contribution < 1.29 is 19.1 Å². The standard InChI is InChI=1S/C12H12FNO3/c13-10-3-1-2-8(4-10)6-14-7-9(12(16)17)5-11(14)15/h1-4,9H,5-7H2,(H,16,17)/t9-/m1/s1. The van der Waals surface area contributed by atoms with Crippen molar-refractivity contribution in [1.82, 2.24) is 4.90 Å². The molecule has 5 heteroatoms. The molecule has 0 unspecified atom stereocenters. The SMILES string of the molecule is O=C(O)[C@@H]1CC(=O)N(Cc2cccc(F)c2)C1. The van der Waals surface area contributed by atoms with Gasteiger partial charge in [0.25, 0.3) is 0 Å². The Morgan fingerprint density at radius 1 is 1.53 bits per heavy atom. The van der Waals surface area contributed by atoms with Crippen LogP contribution in [0.3, 0.4) is 0 Å². The van der Waals surface area contributed by atoms with E-state index in [0.717, 1.165) is 0 Å². The lowest BCUT2D eigenvalue weighted by Crippen LogP contribution is -2.25. The fourth-order valence-corrected chi connectivity index (χ4v) is 1.95. The van der Waals surface area contributed by atoms with Crippen LogP contribution < -0.4 is 0 Å². The van der Waals surface area contributed by atoms with Gasteiger partial charge in [-0.2, -0.15) is 0 Å². The minimum absolute atomic E-state index is 0.0324. The van der Waals surface area contributed by atoms with Crippen LogP contribution in [-0.4, -0.2) is 28.4 Å². The van der Waals surface area contributed by atoms with Gasteiger partial charge in [0.05, 0.1) is 5.92 Å². The highest BCUT2D eigenvalue weighted by atomic mass is 19.1. The zero-order valence-electron chi connectivity index (χ0n) is 9.10.